The van der Waals surface area contributed by atoms with E-state index in [0.717, 1.165) is 27.9 Å². The van der Waals surface area contributed by atoms with Gasteiger partial charge < -0.3 is 0 Å². The fraction of sp³-hybridized carbons (Fsp3) is 0.167. The Bertz CT molecular complexity index is 1040. The summed E-state index contributed by atoms with van der Waals surface area (Å²) in [6.07, 6.45) is 4.19. The lowest BCUT2D eigenvalue weighted by molar-refractivity contribution is 0.0957. The van der Waals surface area contributed by atoms with Crippen molar-refractivity contribution in [3.05, 3.63) is 65.9 Å². The fourth-order valence-corrected chi connectivity index (χ4v) is 2.90. The van der Waals surface area contributed by atoms with Crippen LogP contribution in [0.3, 0.4) is 0 Å². The van der Waals surface area contributed by atoms with E-state index in [2.05, 4.69) is 9.97 Å². The van der Waals surface area contributed by atoms with Crippen molar-refractivity contribution in [1.29, 1.82) is 0 Å². The van der Waals surface area contributed by atoms with E-state index in [1.54, 1.807) is 10.9 Å². The fourth-order valence-electron chi connectivity index (χ4n) is 2.90. The van der Waals surface area contributed by atoms with E-state index in [0.29, 0.717) is 12.1 Å². The van der Waals surface area contributed by atoms with Crippen LogP contribution >= 0.6 is 0 Å². The first-order valence-electron chi connectivity index (χ1n) is 7.63. The molecule has 5 nitrogen and oxygen atoms in total. The predicted octanol–water partition coefficient (Wildman–Crippen LogP) is 3.24. The van der Waals surface area contributed by atoms with Gasteiger partial charge in [-0.2, -0.15) is 0 Å². The minimum absolute atomic E-state index is 0.105. The number of imidazole rings is 2. The number of fused-ring (bicyclic) bond motifs is 2. The SMILES string of the molecule is CCc1nc2cc(C)ccn2c1C(=O)n1cnc2ccccc21. The number of hydrogen-bond acceptors (Lipinski definition) is 3. The number of hydrogen-bond donors (Lipinski definition) is 0. The lowest BCUT2D eigenvalue weighted by Gasteiger charge is -2.05. The van der Waals surface area contributed by atoms with Gasteiger partial charge in [0.05, 0.1) is 16.7 Å². The number of benzene rings is 1. The van der Waals surface area contributed by atoms with E-state index < -0.39 is 0 Å². The molecule has 0 saturated heterocycles. The zero-order valence-electron chi connectivity index (χ0n) is 13.0. The highest BCUT2D eigenvalue weighted by Crippen LogP contribution is 2.19. The van der Waals surface area contributed by atoms with E-state index in [1.807, 2.05) is 60.8 Å². The number of rotatable bonds is 2. The third-order valence-corrected chi connectivity index (χ3v) is 4.06. The summed E-state index contributed by atoms with van der Waals surface area (Å²) in [7, 11) is 0. The summed E-state index contributed by atoms with van der Waals surface area (Å²) in [6.45, 7) is 4.03. The van der Waals surface area contributed by atoms with Crippen molar-refractivity contribution in [2.24, 2.45) is 0 Å². The predicted molar refractivity (Wildman–Crippen MR) is 88.8 cm³/mol. The van der Waals surface area contributed by atoms with Gasteiger partial charge in [-0.1, -0.05) is 19.1 Å². The van der Waals surface area contributed by atoms with Gasteiger partial charge >= 0.3 is 0 Å². The molecule has 1 aromatic carbocycles. The highest BCUT2D eigenvalue weighted by atomic mass is 16.2. The molecule has 0 amide bonds. The van der Waals surface area contributed by atoms with E-state index in [1.165, 1.54) is 0 Å². The highest BCUT2D eigenvalue weighted by molar-refractivity contribution is 6.01. The lowest BCUT2D eigenvalue weighted by Crippen LogP contribution is -2.15. The van der Waals surface area contributed by atoms with Crippen LogP contribution in [0.25, 0.3) is 16.7 Å². The van der Waals surface area contributed by atoms with Gasteiger partial charge in [-0.25, -0.2) is 9.97 Å². The standard InChI is InChI=1S/C18H16N4O/c1-3-13-17(21-9-8-12(2)10-16(21)20-13)18(23)22-11-19-14-6-4-5-7-15(14)22/h4-11H,3H2,1-2H3. The molecule has 4 rings (SSSR count). The van der Waals surface area contributed by atoms with Gasteiger partial charge in [-0.3, -0.25) is 13.8 Å². The van der Waals surface area contributed by atoms with Crippen LogP contribution in [0.1, 0.15) is 28.7 Å². The van der Waals surface area contributed by atoms with Crippen LogP contribution in [0.15, 0.2) is 48.9 Å². The number of carbonyl (C=O) groups excluding carboxylic acids is 1. The van der Waals surface area contributed by atoms with E-state index in [4.69, 9.17) is 0 Å². The number of aromatic nitrogens is 4. The molecule has 0 bridgehead atoms. The average Bonchev–Trinajstić information content (AvgIpc) is 3.14. The van der Waals surface area contributed by atoms with Crippen molar-refractivity contribution in [3.8, 4) is 0 Å². The Morgan fingerprint density at radius 3 is 2.87 bits per heavy atom. The van der Waals surface area contributed by atoms with Crippen LogP contribution < -0.4 is 0 Å². The van der Waals surface area contributed by atoms with Crippen LogP contribution in [0.5, 0.6) is 0 Å². The number of carbonyl (C=O) groups is 1. The molecule has 114 valence electrons. The maximum atomic E-state index is 13.1. The first-order chi connectivity index (χ1) is 11.2. The Kier molecular flexibility index (Phi) is 3.01. The van der Waals surface area contributed by atoms with Crippen LogP contribution in [0, 0.1) is 6.92 Å². The number of para-hydroxylation sites is 2. The monoisotopic (exact) mass is 304 g/mol. The quantitative estimate of drug-likeness (QED) is 0.571. The second-order valence-corrected chi connectivity index (χ2v) is 5.60. The Labute approximate surface area is 133 Å². The Hall–Kier alpha value is -2.95. The van der Waals surface area contributed by atoms with Crippen LogP contribution in [0.2, 0.25) is 0 Å². The molecule has 0 fully saturated rings. The van der Waals surface area contributed by atoms with Crippen molar-refractivity contribution in [2.75, 3.05) is 0 Å². The summed E-state index contributed by atoms with van der Waals surface area (Å²) in [6, 6.07) is 11.6. The van der Waals surface area contributed by atoms with E-state index in [-0.39, 0.29) is 5.91 Å². The minimum Gasteiger partial charge on any atom is -0.295 e. The Balaban J connectivity index is 1.96. The van der Waals surface area contributed by atoms with Gasteiger partial charge in [0.1, 0.15) is 17.7 Å². The molecular formula is C18H16N4O. The summed E-state index contributed by atoms with van der Waals surface area (Å²) >= 11 is 0. The molecule has 5 heteroatoms. The normalized spacial score (nSPS) is 11.4. The summed E-state index contributed by atoms with van der Waals surface area (Å²) in [5.74, 6) is -0.105. The molecule has 3 heterocycles. The highest BCUT2D eigenvalue weighted by Gasteiger charge is 2.21. The number of nitrogens with zero attached hydrogens (tertiary/aromatic N) is 4. The van der Waals surface area contributed by atoms with Gasteiger partial charge in [0.25, 0.3) is 5.91 Å². The van der Waals surface area contributed by atoms with Gasteiger partial charge in [0.2, 0.25) is 0 Å². The van der Waals surface area contributed by atoms with Gasteiger partial charge in [0, 0.05) is 6.20 Å². The minimum atomic E-state index is -0.105. The van der Waals surface area contributed by atoms with Gasteiger partial charge in [0.15, 0.2) is 0 Å². The Morgan fingerprint density at radius 1 is 1.22 bits per heavy atom. The van der Waals surface area contributed by atoms with Crippen molar-refractivity contribution in [1.82, 2.24) is 18.9 Å². The molecule has 3 aromatic heterocycles. The van der Waals surface area contributed by atoms with Gasteiger partial charge in [-0.15, -0.1) is 0 Å². The molecule has 4 aromatic rings. The van der Waals surface area contributed by atoms with Crippen LogP contribution in [-0.4, -0.2) is 24.8 Å². The second-order valence-electron chi connectivity index (χ2n) is 5.60. The molecule has 0 radical (unpaired) electrons. The average molecular weight is 304 g/mol. The van der Waals surface area contributed by atoms with Crippen molar-refractivity contribution < 1.29 is 4.79 Å². The van der Waals surface area contributed by atoms with Crippen LogP contribution in [0.4, 0.5) is 0 Å². The van der Waals surface area contributed by atoms with Crippen molar-refractivity contribution in [2.45, 2.75) is 20.3 Å². The number of pyridine rings is 1. The summed E-state index contributed by atoms with van der Waals surface area (Å²) in [5, 5.41) is 0. The first-order valence-corrected chi connectivity index (χ1v) is 7.63. The first kappa shape index (κ1) is 13.7. The Morgan fingerprint density at radius 2 is 2.04 bits per heavy atom. The molecule has 23 heavy (non-hydrogen) atoms. The number of aryl methyl sites for hydroxylation is 2. The maximum Gasteiger partial charge on any atom is 0.282 e. The molecule has 0 spiro atoms. The smallest absolute Gasteiger partial charge is 0.282 e. The largest absolute Gasteiger partial charge is 0.295 e. The molecule has 0 aliphatic heterocycles. The molecule has 0 saturated carbocycles. The molecule has 0 N–H and O–H groups in total. The molecule has 0 aliphatic carbocycles. The summed E-state index contributed by atoms with van der Waals surface area (Å²) in [5.41, 5.74) is 4.95. The van der Waals surface area contributed by atoms with Gasteiger partial charge in [-0.05, 0) is 43.2 Å². The van der Waals surface area contributed by atoms with Crippen molar-refractivity contribution in [3.63, 3.8) is 0 Å². The second kappa shape index (κ2) is 5.05. The zero-order valence-corrected chi connectivity index (χ0v) is 13.0. The summed E-state index contributed by atoms with van der Waals surface area (Å²) in [4.78, 5) is 22.0. The third kappa shape index (κ3) is 2.04. The molecular weight excluding hydrogens is 288 g/mol. The zero-order chi connectivity index (χ0) is 16.0. The van der Waals surface area contributed by atoms with E-state index >= 15 is 0 Å². The topological polar surface area (TPSA) is 52.2 Å². The lowest BCUT2D eigenvalue weighted by atomic mass is 10.2. The van der Waals surface area contributed by atoms with Crippen LogP contribution in [-0.2, 0) is 6.42 Å². The summed E-state index contributed by atoms with van der Waals surface area (Å²) < 4.78 is 3.46. The third-order valence-electron chi connectivity index (χ3n) is 4.06. The maximum absolute atomic E-state index is 13.1. The molecule has 0 aliphatic rings. The molecule has 0 unspecified atom stereocenters. The van der Waals surface area contributed by atoms with Crippen molar-refractivity contribution >= 4 is 22.6 Å². The molecule has 0 atom stereocenters. The van der Waals surface area contributed by atoms with E-state index in [9.17, 15) is 4.79 Å².